The Morgan fingerprint density at radius 3 is 2.18 bits per heavy atom. The van der Waals surface area contributed by atoms with Crippen molar-refractivity contribution in [1.82, 2.24) is 10.2 Å². The molecule has 0 aliphatic carbocycles. The number of methoxy groups -OCH3 is 1. The SMILES string of the molecule is CCNC(=O)[C@H](CC)N(Cc1c(Cl)cccc1Cl)C(=O)CN(c1cccc(OC)c1)S(=O)(=O)c1ccccc1. The standard InChI is InChI=1S/C28H31Cl2N3O5S/c1-4-26(28(35)31-5-2)32(18-23-24(29)15-10-16-25(23)30)27(34)19-33(20-11-9-12-21(17-20)38-3)39(36,37)22-13-7-6-8-14-22/h6-17,26H,4-5,18-19H2,1-3H3,(H,31,35)/t26-/m0/s1. The van der Waals surface area contributed by atoms with E-state index in [2.05, 4.69) is 5.32 Å². The molecule has 3 aromatic carbocycles. The molecule has 1 N–H and O–H groups in total. The van der Waals surface area contributed by atoms with Crippen molar-refractivity contribution in [2.24, 2.45) is 0 Å². The molecule has 1 atom stereocenters. The molecule has 0 radical (unpaired) electrons. The molecule has 0 bridgehead atoms. The third-order valence-corrected chi connectivity index (χ3v) is 8.57. The summed E-state index contributed by atoms with van der Waals surface area (Å²) in [5.74, 6) is -0.552. The summed E-state index contributed by atoms with van der Waals surface area (Å²) >= 11 is 12.8. The van der Waals surface area contributed by atoms with Crippen molar-refractivity contribution in [3.05, 3.63) is 88.4 Å². The number of likely N-dealkylation sites (N-methyl/N-ethyl adjacent to an activating group) is 1. The van der Waals surface area contributed by atoms with Crippen LogP contribution in [-0.4, -0.2) is 51.4 Å². The zero-order valence-electron chi connectivity index (χ0n) is 21.9. The lowest BCUT2D eigenvalue weighted by Gasteiger charge is -2.33. The van der Waals surface area contributed by atoms with Crippen LogP contribution in [0.15, 0.2) is 77.7 Å². The van der Waals surface area contributed by atoms with Gasteiger partial charge >= 0.3 is 0 Å². The number of ether oxygens (including phenoxy) is 1. The maximum atomic E-state index is 14.0. The average Bonchev–Trinajstić information content (AvgIpc) is 2.93. The first-order valence-corrected chi connectivity index (χ1v) is 14.6. The number of nitrogens with one attached hydrogen (secondary N) is 1. The molecule has 3 rings (SSSR count). The van der Waals surface area contributed by atoms with Crippen LogP contribution in [0.25, 0.3) is 0 Å². The normalized spacial score (nSPS) is 11.9. The molecule has 0 unspecified atom stereocenters. The van der Waals surface area contributed by atoms with Gasteiger partial charge in [0.2, 0.25) is 11.8 Å². The van der Waals surface area contributed by atoms with Crippen LogP contribution in [0.1, 0.15) is 25.8 Å². The van der Waals surface area contributed by atoms with E-state index in [0.29, 0.717) is 27.9 Å². The van der Waals surface area contributed by atoms with Crippen LogP contribution < -0.4 is 14.4 Å². The van der Waals surface area contributed by atoms with Crippen molar-refractivity contribution in [2.45, 2.75) is 37.8 Å². The highest BCUT2D eigenvalue weighted by molar-refractivity contribution is 7.92. The largest absolute Gasteiger partial charge is 0.497 e. The highest BCUT2D eigenvalue weighted by atomic mass is 35.5. The van der Waals surface area contributed by atoms with Crippen LogP contribution in [0.4, 0.5) is 5.69 Å². The van der Waals surface area contributed by atoms with E-state index >= 15 is 0 Å². The lowest BCUT2D eigenvalue weighted by atomic mass is 10.1. The topological polar surface area (TPSA) is 96.0 Å². The predicted molar refractivity (Wildman–Crippen MR) is 154 cm³/mol. The minimum atomic E-state index is -4.18. The molecular weight excluding hydrogens is 561 g/mol. The van der Waals surface area contributed by atoms with Crippen LogP contribution in [-0.2, 0) is 26.2 Å². The van der Waals surface area contributed by atoms with Crippen molar-refractivity contribution >= 4 is 50.7 Å². The van der Waals surface area contributed by atoms with Crippen molar-refractivity contribution in [3.63, 3.8) is 0 Å². The lowest BCUT2D eigenvalue weighted by Crippen LogP contribution is -2.52. The third kappa shape index (κ3) is 7.23. The first-order valence-electron chi connectivity index (χ1n) is 12.4. The van der Waals surface area contributed by atoms with E-state index in [0.717, 1.165) is 4.31 Å². The molecule has 0 heterocycles. The number of benzene rings is 3. The van der Waals surface area contributed by atoms with Crippen LogP contribution in [0.2, 0.25) is 10.0 Å². The number of hydrogen-bond donors (Lipinski definition) is 1. The maximum Gasteiger partial charge on any atom is 0.264 e. The van der Waals surface area contributed by atoms with Gasteiger partial charge in [-0.2, -0.15) is 0 Å². The molecule has 208 valence electrons. The summed E-state index contributed by atoms with van der Waals surface area (Å²) < 4.78 is 34.0. The smallest absolute Gasteiger partial charge is 0.264 e. The number of carbonyl (C=O) groups is 2. The van der Waals surface area contributed by atoms with Crippen molar-refractivity contribution < 1.29 is 22.7 Å². The van der Waals surface area contributed by atoms with E-state index in [4.69, 9.17) is 27.9 Å². The van der Waals surface area contributed by atoms with Crippen LogP contribution in [0, 0.1) is 0 Å². The van der Waals surface area contributed by atoms with E-state index in [-0.39, 0.29) is 29.5 Å². The Morgan fingerprint density at radius 2 is 1.59 bits per heavy atom. The van der Waals surface area contributed by atoms with E-state index in [1.54, 1.807) is 68.4 Å². The van der Waals surface area contributed by atoms with Crippen LogP contribution >= 0.6 is 23.2 Å². The molecule has 39 heavy (non-hydrogen) atoms. The van der Waals surface area contributed by atoms with Crippen molar-refractivity contribution in [2.75, 3.05) is 24.5 Å². The van der Waals surface area contributed by atoms with Gasteiger partial charge in [0.05, 0.1) is 17.7 Å². The fraction of sp³-hybridized carbons (Fsp3) is 0.286. The molecule has 0 fully saturated rings. The minimum Gasteiger partial charge on any atom is -0.497 e. The van der Waals surface area contributed by atoms with Crippen molar-refractivity contribution in [1.29, 1.82) is 0 Å². The number of amides is 2. The highest BCUT2D eigenvalue weighted by Crippen LogP contribution is 2.30. The van der Waals surface area contributed by atoms with Crippen molar-refractivity contribution in [3.8, 4) is 5.75 Å². The number of sulfonamides is 1. The van der Waals surface area contributed by atoms with E-state index in [9.17, 15) is 18.0 Å². The Balaban J connectivity index is 2.11. The average molecular weight is 593 g/mol. The van der Waals surface area contributed by atoms with Gasteiger partial charge in [-0.3, -0.25) is 13.9 Å². The predicted octanol–water partition coefficient (Wildman–Crippen LogP) is 5.14. The zero-order valence-corrected chi connectivity index (χ0v) is 24.3. The molecule has 2 amide bonds. The Labute approximate surface area is 239 Å². The first-order chi connectivity index (χ1) is 18.6. The lowest BCUT2D eigenvalue weighted by molar-refractivity contribution is -0.140. The fourth-order valence-electron chi connectivity index (χ4n) is 4.08. The van der Waals surface area contributed by atoms with Gasteiger partial charge in [-0.1, -0.05) is 60.5 Å². The van der Waals surface area contributed by atoms with Gasteiger partial charge in [0, 0.05) is 34.8 Å². The molecular formula is C28H31Cl2N3O5S. The molecule has 3 aromatic rings. The number of nitrogens with zero attached hydrogens (tertiary/aromatic N) is 2. The molecule has 0 spiro atoms. The van der Waals surface area contributed by atoms with E-state index in [1.807, 2.05) is 0 Å². The number of carbonyl (C=O) groups excluding carboxylic acids is 2. The van der Waals surface area contributed by atoms with Gasteiger partial charge in [0.1, 0.15) is 18.3 Å². The summed E-state index contributed by atoms with van der Waals surface area (Å²) in [7, 11) is -2.72. The van der Waals surface area contributed by atoms with Gasteiger partial charge in [-0.05, 0) is 49.7 Å². The number of hydrogen-bond acceptors (Lipinski definition) is 5. The zero-order chi connectivity index (χ0) is 28.6. The summed E-state index contributed by atoms with van der Waals surface area (Å²) in [4.78, 5) is 28.4. The summed E-state index contributed by atoms with van der Waals surface area (Å²) in [5.41, 5.74) is 0.684. The Bertz CT molecular complexity index is 1380. The summed E-state index contributed by atoms with van der Waals surface area (Å²) in [5, 5.41) is 3.41. The van der Waals surface area contributed by atoms with Crippen LogP contribution in [0.5, 0.6) is 5.75 Å². The van der Waals surface area contributed by atoms with E-state index < -0.39 is 28.5 Å². The molecule has 11 heteroatoms. The number of halogens is 2. The summed E-state index contributed by atoms with van der Waals surface area (Å²) in [6.45, 7) is 3.24. The second-order valence-electron chi connectivity index (χ2n) is 8.57. The second kappa shape index (κ2) is 13.7. The minimum absolute atomic E-state index is 0.0112. The molecule has 0 saturated heterocycles. The van der Waals surface area contributed by atoms with E-state index in [1.165, 1.54) is 30.2 Å². The first kappa shape index (κ1) is 30.3. The van der Waals surface area contributed by atoms with Gasteiger partial charge in [-0.25, -0.2) is 8.42 Å². The Hall–Kier alpha value is -3.27. The van der Waals surface area contributed by atoms with Gasteiger partial charge in [0.25, 0.3) is 10.0 Å². The Kier molecular flexibility index (Phi) is 10.6. The Morgan fingerprint density at radius 1 is 0.949 bits per heavy atom. The molecule has 0 aliphatic rings. The molecule has 0 saturated carbocycles. The fourth-order valence-corrected chi connectivity index (χ4v) is 6.02. The monoisotopic (exact) mass is 591 g/mol. The number of anilines is 1. The second-order valence-corrected chi connectivity index (χ2v) is 11.2. The summed E-state index contributed by atoms with van der Waals surface area (Å²) in [6.07, 6.45) is 0.282. The van der Waals surface area contributed by atoms with Gasteiger partial charge < -0.3 is 15.0 Å². The summed E-state index contributed by atoms with van der Waals surface area (Å²) in [6, 6.07) is 18.3. The number of rotatable bonds is 12. The molecule has 8 nitrogen and oxygen atoms in total. The van der Waals surface area contributed by atoms with Crippen LogP contribution in [0.3, 0.4) is 0 Å². The highest BCUT2D eigenvalue weighted by Gasteiger charge is 2.34. The third-order valence-electron chi connectivity index (χ3n) is 6.08. The quantitative estimate of drug-likeness (QED) is 0.314. The van der Waals surface area contributed by atoms with Gasteiger partial charge in [0.15, 0.2) is 0 Å². The van der Waals surface area contributed by atoms with Gasteiger partial charge in [-0.15, -0.1) is 0 Å². The molecule has 0 aliphatic heterocycles. The maximum absolute atomic E-state index is 14.0. The molecule has 0 aromatic heterocycles.